The van der Waals surface area contributed by atoms with E-state index >= 15 is 0 Å². The summed E-state index contributed by atoms with van der Waals surface area (Å²) >= 11 is 12.3. The molecule has 0 aliphatic carbocycles. The fourth-order valence-corrected chi connectivity index (χ4v) is 2.67. The molecule has 0 aliphatic heterocycles. The summed E-state index contributed by atoms with van der Waals surface area (Å²) in [6.45, 7) is 5.47. The summed E-state index contributed by atoms with van der Waals surface area (Å²) in [7, 11) is 1.63. The average molecular weight is 368 g/mol. The van der Waals surface area contributed by atoms with Gasteiger partial charge in [0.2, 0.25) is 0 Å². The molecule has 2 rings (SSSR count). The molecule has 0 unspecified atom stereocenters. The van der Waals surface area contributed by atoms with Crippen molar-refractivity contribution in [1.29, 1.82) is 0 Å². The van der Waals surface area contributed by atoms with Crippen molar-refractivity contribution in [2.24, 2.45) is 0 Å². The number of benzene rings is 2. The van der Waals surface area contributed by atoms with Crippen molar-refractivity contribution in [3.63, 3.8) is 0 Å². The molecule has 0 spiro atoms. The standard InChI is InChI=1S/C19H23Cl2NO2/c1-13(2)24-19-11-17(21)15(10-18(19)23-3)12-22-9-8-14-4-6-16(20)7-5-14/h4-7,10-11,13,22H,8-9,12H2,1-3H3. The van der Waals surface area contributed by atoms with Crippen LogP contribution in [0, 0.1) is 0 Å². The van der Waals surface area contributed by atoms with Crippen molar-refractivity contribution < 1.29 is 9.47 Å². The summed E-state index contributed by atoms with van der Waals surface area (Å²) in [6.07, 6.45) is 0.999. The molecule has 1 N–H and O–H groups in total. The van der Waals surface area contributed by atoms with Crippen LogP contribution in [0.1, 0.15) is 25.0 Å². The molecule has 2 aromatic carbocycles. The molecule has 0 saturated heterocycles. The number of halogens is 2. The third-order valence-corrected chi connectivity index (χ3v) is 4.12. The van der Waals surface area contributed by atoms with Gasteiger partial charge in [0, 0.05) is 22.7 Å². The van der Waals surface area contributed by atoms with Crippen LogP contribution >= 0.6 is 23.2 Å². The molecule has 0 amide bonds. The molecule has 0 saturated carbocycles. The lowest BCUT2D eigenvalue weighted by Gasteiger charge is -2.16. The predicted molar refractivity (Wildman–Crippen MR) is 101 cm³/mol. The van der Waals surface area contributed by atoms with Gasteiger partial charge in [-0.1, -0.05) is 35.3 Å². The van der Waals surface area contributed by atoms with Crippen molar-refractivity contribution in [3.05, 3.63) is 57.6 Å². The Kier molecular flexibility index (Phi) is 7.22. The Morgan fingerprint density at radius 2 is 1.75 bits per heavy atom. The minimum atomic E-state index is 0.0679. The average Bonchev–Trinajstić information content (AvgIpc) is 2.54. The van der Waals surface area contributed by atoms with Crippen LogP contribution in [-0.2, 0) is 13.0 Å². The first-order valence-electron chi connectivity index (χ1n) is 7.98. The molecule has 0 bridgehead atoms. The van der Waals surface area contributed by atoms with E-state index in [1.54, 1.807) is 7.11 Å². The lowest BCUT2D eigenvalue weighted by molar-refractivity contribution is 0.230. The highest BCUT2D eigenvalue weighted by atomic mass is 35.5. The van der Waals surface area contributed by atoms with E-state index in [1.165, 1.54) is 5.56 Å². The van der Waals surface area contributed by atoms with Crippen LogP contribution in [-0.4, -0.2) is 19.8 Å². The van der Waals surface area contributed by atoms with Gasteiger partial charge in [0.05, 0.1) is 13.2 Å². The van der Waals surface area contributed by atoms with E-state index in [0.29, 0.717) is 23.1 Å². The predicted octanol–water partition coefficient (Wildman–Crippen LogP) is 5.12. The Morgan fingerprint density at radius 3 is 2.38 bits per heavy atom. The second-order valence-corrected chi connectivity index (χ2v) is 6.66. The summed E-state index contributed by atoms with van der Waals surface area (Å²) < 4.78 is 11.1. The molecule has 0 heterocycles. The van der Waals surface area contributed by atoms with Crippen molar-refractivity contribution in [3.8, 4) is 11.5 Å². The summed E-state index contributed by atoms with van der Waals surface area (Å²) in [6, 6.07) is 11.6. The maximum absolute atomic E-state index is 6.36. The first-order chi connectivity index (χ1) is 11.5. The van der Waals surface area contributed by atoms with Gasteiger partial charge in [0.25, 0.3) is 0 Å². The van der Waals surface area contributed by atoms with E-state index in [9.17, 15) is 0 Å². The fraction of sp³-hybridized carbons (Fsp3) is 0.368. The Bertz CT molecular complexity index is 657. The first-order valence-corrected chi connectivity index (χ1v) is 8.73. The first kappa shape index (κ1) is 18.9. The van der Waals surface area contributed by atoms with Crippen LogP contribution < -0.4 is 14.8 Å². The number of hydrogen-bond acceptors (Lipinski definition) is 3. The minimum absolute atomic E-state index is 0.0679. The highest BCUT2D eigenvalue weighted by Crippen LogP contribution is 2.34. The van der Waals surface area contributed by atoms with Gasteiger partial charge in [-0.3, -0.25) is 0 Å². The van der Waals surface area contributed by atoms with Gasteiger partial charge in [-0.15, -0.1) is 0 Å². The van der Waals surface area contributed by atoms with E-state index in [0.717, 1.165) is 23.6 Å². The van der Waals surface area contributed by atoms with E-state index in [4.69, 9.17) is 32.7 Å². The van der Waals surface area contributed by atoms with Gasteiger partial charge < -0.3 is 14.8 Å². The molecule has 0 radical (unpaired) electrons. The normalized spacial score (nSPS) is 10.9. The Balaban J connectivity index is 1.93. The summed E-state index contributed by atoms with van der Waals surface area (Å²) in [5.41, 5.74) is 2.23. The lowest BCUT2D eigenvalue weighted by atomic mass is 10.1. The smallest absolute Gasteiger partial charge is 0.163 e. The maximum atomic E-state index is 6.36. The van der Waals surface area contributed by atoms with Crippen LogP contribution in [0.15, 0.2) is 36.4 Å². The molecule has 130 valence electrons. The highest BCUT2D eigenvalue weighted by molar-refractivity contribution is 6.31. The molecule has 24 heavy (non-hydrogen) atoms. The molecule has 0 aliphatic rings. The molecule has 0 atom stereocenters. The zero-order valence-electron chi connectivity index (χ0n) is 14.2. The van der Waals surface area contributed by atoms with Crippen LogP contribution in [0.4, 0.5) is 0 Å². The number of hydrogen-bond donors (Lipinski definition) is 1. The highest BCUT2D eigenvalue weighted by Gasteiger charge is 2.11. The largest absolute Gasteiger partial charge is 0.493 e. The Labute approximate surface area is 153 Å². The second kappa shape index (κ2) is 9.16. The zero-order chi connectivity index (χ0) is 17.5. The third-order valence-electron chi connectivity index (χ3n) is 3.51. The van der Waals surface area contributed by atoms with Crippen molar-refractivity contribution in [2.45, 2.75) is 32.9 Å². The fourth-order valence-electron chi connectivity index (χ4n) is 2.33. The molecular weight excluding hydrogens is 345 g/mol. The number of nitrogens with one attached hydrogen (secondary N) is 1. The quantitative estimate of drug-likeness (QED) is 0.656. The third kappa shape index (κ3) is 5.59. The lowest BCUT2D eigenvalue weighted by Crippen LogP contribution is -2.17. The van der Waals surface area contributed by atoms with Gasteiger partial charge in [-0.2, -0.15) is 0 Å². The topological polar surface area (TPSA) is 30.5 Å². The Hall–Kier alpha value is -1.42. The van der Waals surface area contributed by atoms with Crippen molar-refractivity contribution in [2.75, 3.05) is 13.7 Å². The van der Waals surface area contributed by atoms with Crippen molar-refractivity contribution in [1.82, 2.24) is 5.32 Å². The maximum Gasteiger partial charge on any atom is 0.163 e. The molecular formula is C19H23Cl2NO2. The van der Waals surface area contributed by atoms with Crippen LogP contribution in [0.2, 0.25) is 10.0 Å². The van der Waals surface area contributed by atoms with Gasteiger partial charge in [-0.25, -0.2) is 0 Å². The number of methoxy groups -OCH3 is 1. The van der Waals surface area contributed by atoms with E-state index in [1.807, 2.05) is 50.2 Å². The van der Waals surface area contributed by atoms with E-state index < -0.39 is 0 Å². The minimum Gasteiger partial charge on any atom is -0.493 e. The number of ether oxygens (including phenoxy) is 2. The van der Waals surface area contributed by atoms with Crippen LogP contribution in [0.3, 0.4) is 0 Å². The summed E-state index contributed by atoms with van der Waals surface area (Å²) in [5.74, 6) is 1.37. The van der Waals surface area contributed by atoms with Gasteiger partial charge >= 0.3 is 0 Å². The molecule has 5 heteroatoms. The van der Waals surface area contributed by atoms with E-state index in [2.05, 4.69) is 5.32 Å². The zero-order valence-corrected chi connectivity index (χ0v) is 15.7. The van der Waals surface area contributed by atoms with Crippen molar-refractivity contribution >= 4 is 23.2 Å². The van der Waals surface area contributed by atoms with E-state index in [-0.39, 0.29) is 6.10 Å². The number of rotatable bonds is 8. The summed E-state index contributed by atoms with van der Waals surface area (Å²) in [4.78, 5) is 0. The van der Waals surface area contributed by atoms with Gasteiger partial charge in [0.1, 0.15) is 0 Å². The van der Waals surface area contributed by atoms with Crippen LogP contribution in [0.25, 0.3) is 0 Å². The van der Waals surface area contributed by atoms with Crippen LogP contribution in [0.5, 0.6) is 11.5 Å². The van der Waals surface area contributed by atoms with Gasteiger partial charge in [-0.05, 0) is 56.1 Å². The Morgan fingerprint density at radius 1 is 1.04 bits per heavy atom. The second-order valence-electron chi connectivity index (χ2n) is 5.81. The molecule has 2 aromatic rings. The van der Waals surface area contributed by atoms with Gasteiger partial charge in [0.15, 0.2) is 11.5 Å². The molecule has 0 aromatic heterocycles. The molecule has 3 nitrogen and oxygen atoms in total. The summed E-state index contributed by atoms with van der Waals surface area (Å²) in [5, 5.41) is 4.83. The SMILES string of the molecule is COc1cc(CNCCc2ccc(Cl)cc2)c(Cl)cc1OC(C)C. The molecule has 0 fully saturated rings. The monoisotopic (exact) mass is 367 g/mol.